The number of nitrogens with one attached hydrogen (secondary N) is 2. The van der Waals surface area contributed by atoms with Crippen LogP contribution in [0.2, 0.25) is 0 Å². The molecule has 0 unspecified atom stereocenters. The predicted octanol–water partition coefficient (Wildman–Crippen LogP) is 1.29. The van der Waals surface area contributed by atoms with Gasteiger partial charge >= 0.3 is 0 Å². The molecule has 0 aromatic heterocycles. The number of hydrogen-bond acceptors (Lipinski definition) is 3. The van der Waals surface area contributed by atoms with E-state index in [1.807, 2.05) is 25.2 Å². The summed E-state index contributed by atoms with van der Waals surface area (Å²) >= 11 is 3.45. The van der Waals surface area contributed by atoms with Crippen molar-refractivity contribution < 1.29 is 9.53 Å². The normalized spacial score (nSPS) is 9.94. The number of benzene rings is 1. The number of amides is 1. The van der Waals surface area contributed by atoms with Crippen LogP contribution in [0.5, 0.6) is 5.75 Å². The van der Waals surface area contributed by atoms with Gasteiger partial charge in [0.05, 0.1) is 0 Å². The molecule has 0 saturated carbocycles. The van der Waals surface area contributed by atoms with Crippen molar-refractivity contribution in [2.45, 2.75) is 6.54 Å². The van der Waals surface area contributed by atoms with E-state index < -0.39 is 0 Å². The molecule has 0 aliphatic heterocycles. The Morgan fingerprint density at radius 2 is 2.19 bits per heavy atom. The Kier molecular flexibility index (Phi) is 5.28. The Bertz CT molecular complexity index is 369. The van der Waals surface area contributed by atoms with Crippen LogP contribution in [0.15, 0.2) is 22.7 Å². The van der Waals surface area contributed by atoms with Gasteiger partial charge in [-0.2, -0.15) is 0 Å². The van der Waals surface area contributed by atoms with E-state index in [-0.39, 0.29) is 12.5 Å². The summed E-state index contributed by atoms with van der Waals surface area (Å²) in [5, 5.41) is 5.56. The third-order valence-corrected chi connectivity index (χ3v) is 2.81. The maximum atomic E-state index is 11.0. The second-order valence-corrected chi connectivity index (χ2v) is 4.10. The SMILES string of the molecule is CNCc1cc(OCC(=O)NC)ccc1Br. The van der Waals surface area contributed by atoms with E-state index in [1.165, 1.54) is 0 Å². The molecule has 0 saturated heterocycles. The van der Waals surface area contributed by atoms with Gasteiger partial charge in [-0.3, -0.25) is 4.79 Å². The van der Waals surface area contributed by atoms with E-state index in [2.05, 4.69) is 26.6 Å². The van der Waals surface area contributed by atoms with Crippen molar-refractivity contribution in [1.29, 1.82) is 0 Å². The lowest BCUT2D eigenvalue weighted by molar-refractivity contribution is -0.122. The molecule has 0 aliphatic rings. The minimum atomic E-state index is -0.141. The first-order chi connectivity index (χ1) is 7.67. The van der Waals surface area contributed by atoms with Gasteiger partial charge in [0.1, 0.15) is 5.75 Å². The van der Waals surface area contributed by atoms with E-state index in [4.69, 9.17) is 4.74 Å². The molecule has 1 aromatic carbocycles. The quantitative estimate of drug-likeness (QED) is 0.858. The molecule has 0 fully saturated rings. The van der Waals surface area contributed by atoms with Crippen LogP contribution in [-0.2, 0) is 11.3 Å². The molecule has 5 heteroatoms. The molecular weight excluding hydrogens is 272 g/mol. The first-order valence-electron chi connectivity index (χ1n) is 4.93. The minimum absolute atomic E-state index is 0.0388. The molecule has 88 valence electrons. The smallest absolute Gasteiger partial charge is 0.257 e. The summed E-state index contributed by atoms with van der Waals surface area (Å²) in [5.41, 5.74) is 1.09. The van der Waals surface area contributed by atoms with E-state index in [0.717, 1.165) is 16.6 Å². The Morgan fingerprint density at radius 3 is 2.81 bits per heavy atom. The molecule has 16 heavy (non-hydrogen) atoms. The summed E-state index contributed by atoms with van der Waals surface area (Å²) in [6.07, 6.45) is 0. The van der Waals surface area contributed by atoms with Crippen molar-refractivity contribution in [3.8, 4) is 5.75 Å². The van der Waals surface area contributed by atoms with E-state index in [0.29, 0.717) is 5.75 Å². The molecule has 0 radical (unpaired) electrons. The molecule has 0 spiro atoms. The van der Waals surface area contributed by atoms with Crippen molar-refractivity contribution >= 4 is 21.8 Å². The lowest BCUT2D eigenvalue weighted by atomic mass is 10.2. The highest BCUT2D eigenvalue weighted by Crippen LogP contribution is 2.22. The molecular formula is C11H15BrN2O2. The van der Waals surface area contributed by atoms with Crippen LogP contribution in [-0.4, -0.2) is 26.6 Å². The molecule has 2 N–H and O–H groups in total. The third-order valence-electron chi connectivity index (χ3n) is 2.03. The summed E-state index contributed by atoms with van der Waals surface area (Å²) in [6.45, 7) is 0.787. The Labute approximate surface area is 103 Å². The van der Waals surface area contributed by atoms with Gasteiger partial charge in [-0.15, -0.1) is 0 Å². The fraction of sp³-hybridized carbons (Fsp3) is 0.364. The lowest BCUT2D eigenvalue weighted by Crippen LogP contribution is -2.24. The summed E-state index contributed by atoms with van der Waals surface area (Å²) < 4.78 is 6.36. The van der Waals surface area contributed by atoms with Gasteiger partial charge in [-0.05, 0) is 30.8 Å². The molecule has 0 heterocycles. The first-order valence-corrected chi connectivity index (χ1v) is 5.73. The summed E-state index contributed by atoms with van der Waals surface area (Å²) in [7, 11) is 3.46. The number of halogens is 1. The summed E-state index contributed by atoms with van der Waals surface area (Å²) in [4.78, 5) is 11.0. The Balaban J connectivity index is 2.67. The van der Waals surface area contributed by atoms with Gasteiger partial charge in [0.15, 0.2) is 6.61 Å². The largest absolute Gasteiger partial charge is 0.484 e. The van der Waals surface area contributed by atoms with Crippen molar-refractivity contribution in [1.82, 2.24) is 10.6 Å². The van der Waals surface area contributed by atoms with Crippen LogP contribution in [0.3, 0.4) is 0 Å². The Hall–Kier alpha value is -1.07. The van der Waals surface area contributed by atoms with E-state index in [1.54, 1.807) is 7.05 Å². The second-order valence-electron chi connectivity index (χ2n) is 3.25. The van der Waals surface area contributed by atoms with Crippen LogP contribution in [0.1, 0.15) is 5.56 Å². The fourth-order valence-electron chi connectivity index (χ4n) is 1.19. The number of rotatable bonds is 5. The van der Waals surface area contributed by atoms with Gasteiger partial charge in [0.2, 0.25) is 0 Å². The monoisotopic (exact) mass is 286 g/mol. The van der Waals surface area contributed by atoms with Crippen molar-refractivity contribution in [2.24, 2.45) is 0 Å². The molecule has 1 amide bonds. The highest BCUT2D eigenvalue weighted by atomic mass is 79.9. The zero-order valence-electron chi connectivity index (χ0n) is 9.34. The molecule has 0 aliphatic carbocycles. The van der Waals surface area contributed by atoms with Gasteiger partial charge in [-0.25, -0.2) is 0 Å². The Morgan fingerprint density at radius 1 is 1.44 bits per heavy atom. The predicted molar refractivity (Wildman–Crippen MR) is 66.5 cm³/mol. The van der Waals surface area contributed by atoms with Gasteiger partial charge in [0, 0.05) is 18.1 Å². The minimum Gasteiger partial charge on any atom is -0.484 e. The van der Waals surface area contributed by atoms with Crippen LogP contribution in [0, 0.1) is 0 Å². The van der Waals surface area contributed by atoms with E-state index >= 15 is 0 Å². The zero-order chi connectivity index (χ0) is 12.0. The standard InChI is InChI=1S/C11H15BrN2O2/c1-13-6-8-5-9(3-4-10(8)12)16-7-11(15)14-2/h3-5,13H,6-7H2,1-2H3,(H,14,15). The molecule has 1 aromatic rings. The fourth-order valence-corrected chi connectivity index (χ4v) is 1.57. The summed E-state index contributed by atoms with van der Waals surface area (Å²) in [6, 6.07) is 5.64. The van der Waals surface area contributed by atoms with Crippen molar-refractivity contribution in [2.75, 3.05) is 20.7 Å². The topological polar surface area (TPSA) is 50.4 Å². The molecule has 4 nitrogen and oxygen atoms in total. The van der Waals surface area contributed by atoms with Crippen molar-refractivity contribution in [3.63, 3.8) is 0 Å². The first kappa shape index (κ1) is 13.0. The highest BCUT2D eigenvalue weighted by Gasteiger charge is 2.03. The average Bonchev–Trinajstić information content (AvgIpc) is 2.30. The second kappa shape index (κ2) is 6.50. The maximum absolute atomic E-state index is 11.0. The molecule has 0 bridgehead atoms. The molecule has 0 atom stereocenters. The number of ether oxygens (including phenoxy) is 1. The van der Waals surface area contributed by atoms with Gasteiger partial charge in [0.25, 0.3) is 5.91 Å². The van der Waals surface area contributed by atoms with Gasteiger partial charge < -0.3 is 15.4 Å². The summed E-state index contributed by atoms with van der Waals surface area (Å²) in [5.74, 6) is 0.551. The maximum Gasteiger partial charge on any atom is 0.257 e. The zero-order valence-corrected chi connectivity index (χ0v) is 10.9. The highest BCUT2D eigenvalue weighted by molar-refractivity contribution is 9.10. The third kappa shape index (κ3) is 3.83. The van der Waals surface area contributed by atoms with Crippen molar-refractivity contribution in [3.05, 3.63) is 28.2 Å². The van der Waals surface area contributed by atoms with Crippen LogP contribution in [0.4, 0.5) is 0 Å². The number of hydrogen-bond donors (Lipinski definition) is 2. The van der Waals surface area contributed by atoms with E-state index in [9.17, 15) is 4.79 Å². The van der Waals surface area contributed by atoms with Crippen LogP contribution in [0.25, 0.3) is 0 Å². The number of carbonyl (C=O) groups is 1. The van der Waals surface area contributed by atoms with Crippen LogP contribution < -0.4 is 15.4 Å². The number of carbonyl (C=O) groups excluding carboxylic acids is 1. The number of likely N-dealkylation sites (N-methyl/N-ethyl adjacent to an activating group) is 1. The van der Waals surface area contributed by atoms with Crippen LogP contribution >= 0.6 is 15.9 Å². The lowest BCUT2D eigenvalue weighted by Gasteiger charge is -2.08. The van der Waals surface area contributed by atoms with Gasteiger partial charge in [-0.1, -0.05) is 15.9 Å². The average molecular weight is 287 g/mol. The molecule has 1 rings (SSSR count).